The van der Waals surface area contributed by atoms with Crippen molar-refractivity contribution >= 4 is 60.7 Å². The molecule has 1 aliphatic rings. The first kappa shape index (κ1) is 19.2. The maximum atomic E-state index is 13.8. The number of aliphatic imine (C=N–C) groups is 1. The molecule has 7 rings (SSSR count). The molecule has 6 aromatic rings. The summed E-state index contributed by atoms with van der Waals surface area (Å²) in [5, 5.41) is 5.18. The Morgan fingerprint density at radius 3 is 2.24 bits per heavy atom. The third kappa shape index (κ3) is 2.15. The first-order valence-corrected chi connectivity index (χ1v) is 11.2. The molecule has 0 atom stereocenters. The number of hydrogen-bond acceptors (Lipinski definition) is 4. The highest BCUT2D eigenvalue weighted by atomic mass is 16.2. The highest BCUT2D eigenvalue weighted by Crippen LogP contribution is 2.37. The van der Waals surface area contributed by atoms with E-state index in [1.165, 1.54) is 11.1 Å². The first-order valence-electron chi connectivity index (χ1n) is 11.2. The first-order chi connectivity index (χ1) is 16.4. The number of carbonyl (C=O) groups is 1. The van der Waals surface area contributed by atoms with Gasteiger partial charge in [0.2, 0.25) is 0 Å². The number of fused-ring (bicyclic) bond motifs is 5. The smallest absolute Gasteiger partial charge is 0.264 e. The van der Waals surface area contributed by atoms with Crippen molar-refractivity contribution in [2.75, 3.05) is 14.1 Å². The van der Waals surface area contributed by atoms with Crippen LogP contribution in [-0.4, -0.2) is 40.1 Å². The summed E-state index contributed by atoms with van der Waals surface area (Å²) in [7, 11) is 3.41. The second-order valence-corrected chi connectivity index (χ2v) is 9.18. The van der Waals surface area contributed by atoms with Crippen LogP contribution >= 0.6 is 0 Å². The van der Waals surface area contributed by atoms with Gasteiger partial charge in [0, 0.05) is 46.8 Å². The van der Waals surface area contributed by atoms with Gasteiger partial charge >= 0.3 is 0 Å². The largest absolute Gasteiger partial charge is 0.296 e. The van der Waals surface area contributed by atoms with E-state index in [9.17, 15) is 9.59 Å². The van der Waals surface area contributed by atoms with Gasteiger partial charge in [-0.15, -0.1) is 0 Å². The molecule has 0 spiro atoms. The van der Waals surface area contributed by atoms with Gasteiger partial charge in [0.25, 0.3) is 11.5 Å². The average molecular weight is 444 g/mol. The Labute approximate surface area is 194 Å². The van der Waals surface area contributed by atoms with Crippen molar-refractivity contribution in [1.82, 2.24) is 14.3 Å². The van der Waals surface area contributed by atoms with E-state index >= 15 is 0 Å². The van der Waals surface area contributed by atoms with Gasteiger partial charge in [-0.25, -0.2) is 4.98 Å². The van der Waals surface area contributed by atoms with E-state index in [0.29, 0.717) is 22.4 Å². The van der Waals surface area contributed by atoms with Crippen molar-refractivity contribution in [3.8, 4) is 0 Å². The lowest BCUT2D eigenvalue weighted by Gasteiger charge is -2.27. The number of hydrogen-bond donors (Lipinski definition) is 0. The summed E-state index contributed by atoms with van der Waals surface area (Å²) in [4.78, 5) is 37.8. The molecule has 6 heteroatoms. The van der Waals surface area contributed by atoms with Crippen LogP contribution in [0.4, 0.5) is 0 Å². The van der Waals surface area contributed by atoms with Crippen LogP contribution in [0.2, 0.25) is 0 Å². The molecule has 0 N–H and O–H groups in total. The number of pyridine rings is 1. The van der Waals surface area contributed by atoms with E-state index in [1.807, 2.05) is 12.1 Å². The fourth-order valence-corrected chi connectivity index (χ4v) is 5.56. The van der Waals surface area contributed by atoms with Crippen LogP contribution in [0.25, 0.3) is 49.0 Å². The number of rotatable bonds is 0. The van der Waals surface area contributed by atoms with Crippen LogP contribution in [0.1, 0.15) is 27.0 Å². The Kier molecular flexibility index (Phi) is 3.48. The highest BCUT2D eigenvalue weighted by Gasteiger charge is 2.30. The molecular formula is C28H20N4O2. The molecular weight excluding hydrogens is 424 g/mol. The van der Waals surface area contributed by atoms with Gasteiger partial charge < -0.3 is 0 Å². The van der Waals surface area contributed by atoms with E-state index < -0.39 is 0 Å². The molecule has 0 aliphatic carbocycles. The number of imidazole rings is 1. The summed E-state index contributed by atoms with van der Waals surface area (Å²) in [5.74, 6) is 0.477. The molecule has 0 saturated heterocycles. The maximum absolute atomic E-state index is 13.8. The predicted molar refractivity (Wildman–Crippen MR) is 137 cm³/mol. The third-order valence-corrected chi connectivity index (χ3v) is 7.37. The van der Waals surface area contributed by atoms with Crippen molar-refractivity contribution in [1.29, 1.82) is 0 Å². The van der Waals surface area contributed by atoms with Crippen molar-refractivity contribution < 1.29 is 4.79 Å². The van der Waals surface area contributed by atoms with Gasteiger partial charge in [0.15, 0.2) is 0 Å². The summed E-state index contributed by atoms with van der Waals surface area (Å²) in [6.45, 7) is 4.20. The second kappa shape index (κ2) is 6.17. The minimum Gasteiger partial charge on any atom is -0.296 e. The van der Waals surface area contributed by atoms with Gasteiger partial charge in [-0.2, -0.15) is 0 Å². The Hall–Kier alpha value is -4.32. The second-order valence-electron chi connectivity index (χ2n) is 9.18. The topological polar surface area (TPSA) is 67.0 Å². The summed E-state index contributed by atoms with van der Waals surface area (Å²) in [6, 6.07) is 16.0. The van der Waals surface area contributed by atoms with Gasteiger partial charge in [-0.05, 0) is 72.1 Å². The Morgan fingerprint density at radius 1 is 0.824 bits per heavy atom. The summed E-state index contributed by atoms with van der Waals surface area (Å²) in [6.07, 6.45) is 0. The quantitative estimate of drug-likeness (QED) is 0.337. The van der Waals surface area contributed by atoms with Crippen molar-refractivity contribution in [3.63, 3.8) is 0 Å². The zero-order valence-corrected chi connectivity index (χ0v) is 19.2. The third-order valence-electron chi connectivity index (χ3n) is 7.37. The normalized spacial score (nSPS) is 15.2. The van der Waals surface area contributed by atoms with Crippen molar-refractivity contribution in [2.45, 2.75) is 13.8 Å². The van der Waals surface area contributed by atoms with Crippen LogP contribution in [0.15, 0.2) is 58.3 Å². The van der Waals surface area contributed by atoms with Gasteiger partial charge in [0.1, 0.15) is 11.5 Å². The molecule has 4 aromatic carbocycles. The van der Waals surface area contributed by atoms with E-state index in [4.69, 9.17) is 4.98 Å². The predicted octanol–water partition coefficient (Wildman–Crippen LogP) is 4.82. The SMILES string of the molecule is CN=C1c2ccc3c4c2c(ccc4c(=O)n2c4cc5cc(C)c(C)cc5cc4nc32)C(=O)N1C. The number of benzene rings is 4. The lowest BCUT2D eigenvalue weighted by atomic mass is 9.90. The average Bonchev–Trinajstić information content (AvgIpc) is 3.20. The van der Waals surface area contributed by atoms with Crippen LogP contribution in [0.5, 0.6) is 0 Å². The number of amidine groups is 1. The monoisotopic (exact) mass is 444 g/mol. The standard InChI is InChI=1S/C28H20N4O2/c1-13-9-15-11-21-22(12-16(15)10-14(13)2)32-26(30-21)18-6-5-17-23-19(27(33)31(4)25(17)29-3)7-8-20(24(18)23)28(32)34/h5-12H,1-4H3. The zero-order chi connectivity index (χ0) is 23.5. The van der Waals surface area contributed by atoms with E-state index in [2.05, 4.69) is 43.1 Å². The highest BCUT2D eigenvalue weighted by molar-refractivity contribution is 6.32. The molecule has 34 heavy (non-hydrogen) atoms. The minimum atomic E-state index is -0.127. The van der Waals surface area contributed by atoms with Gasteiger partial charge in [-0.1, -0.05) is 12.1 Å². The molecule has 3 heterocycles. The van der Waals surface area contributed by atoms with E-state index in [0.717, 1.165) is 43.5 Å². The molecule has 0 unspecified atom stereocenters. The van der Waals surface area contributed by atoms with Crippen molar-refractivity contribution in [2.24, 2.45) is 4.99 Å². The number of nitrogens with zero attached hydrogens (tertiary/aromatic N) is 4. The van der Waals surface area contributed by atoms with E-state index in [1.54, 1.807) is 35.5 Å². The molecule has 6 nitrogen and oxygen atoms in total. The molecule has 164 valence electrons. The summed E-state index contributed by atoms with van der Waals surface area (Å²) >= 11 is 0. The Morgan fingerprint density at radius 2 is 1.50 bits per heavy atom. The fraction of sp³-hybridized carbons (Fsp3) is 0.143. The van der Waals surface area contributed by atoms with Crippen LogP contribution < -0.4 is 5.56 Å². The molecule has 1 aliphatic heterocycles. The number of amides is 1. The molecule has 0 bridgehead atoms. The van der Waals surface area contributed by atoms with Gasteiger partial charge in [0.05, 0.1) is 11.0 Å². The molecule has 0 radical (unpaired) electrons. The Bertz CT molecular complexity index is 2000. The molecule has 0 fully saturated rings. The van der Waals surface area contributed by atoms with Crippen LogP contribution in [0, 0.1) is 13.8 Å². The lowest BCUT2D eigenvalue weighted by Crippen LogP contribution is -2.37. The number of aromatic nitrogens is 2. The van der Waals surface area contributed by atoms with Crippen molar-refractivity contribution in [3.05, 3.63) is 81.1 Å². The van der Waals surface area contributed by atoms with Crippen LogP contribution in [0.3, 0.4) is 0 Å². The summed E-state index contributed by atoms with van der Waals surface area (Å²) < 4.78 is 1.72. The molecule has 2 aromatic heterocycles. The maximum Gasteiger partial charge on any atom is 0.264 e. The number of aryl methyl sites for hydroxylation is 2. The van der Waals surface area contributed by atoms with Crippen LogP contribution in [-0.2, 0) is 0 Å². The van der Waals surface area contributed by atoms with Gasteiger partial charge in [-0.3, -0.25) is 23.9 Å². The zero-order valence-electron chi connectivity index (χ0n) is 19.2. The summed E-state index contributed by atoms with van der Waals surface area (Å²) in [5.41, 5.74) is 5.93. The molecule has 0 saturated carbocycles. The fourth-order valence-electron chi connectivity index (χ4n) is 5.56. The minimum absolute atomic E-state index is 0.125. The lowest BCUT2D eigenvalue weighted by molar-refractivity contribution is 0.0870. The Balaban J connectivity index is 1.71. The number of carbonyl (C=O) groups excluding carboxylic acids is 1. The molecule has 1 amide bonds. The van der Waals surface area contributed by atoms with E-state index in [-0.39, 0.29) is 11.5 Å².